The highest BCUT2D eigenvalue weighted by Crippen LogP contribution is 2.28. The molecule has 1 aromatic rings. The molecule has 0 bridgehead atoms. The molecule has 4 heteroatoms. The highest BCUT2D eigenvalue weighted by atomic mass is 16.5. The van der Waals surface area contributed by atoms with Gasteiger partial charge in [-0.1, -0.05) is 0 Å². The lowest BCUT2D eigenvalue weighted by molar-refractivity contribution is 0.244. The Balaban J connectivity index is 2.91. The van der Waals surface area contributed by atoms with Crippen LogP contribution in [0.5, 0.6) is 5.75 Å². The maximum Gasteiger partial charge on any atom is 0.144 e. The number of rotatable bonds is 6. The summed E-state index contributed by atoms with van der Waals surface area (Å²) in [4.78, 5) is 2.13. The maximum atomic E-state index is 8.65. The quantitative estimate of drug-likeness (QED) is 0.785. The molecule has 0 heterocycles. The first-order valence-electron chi connectivity index (χ1n) is 6.26. The van der Waals surface area contributed by atoms with Crippen molar-refractivity contribution < 1.29 is 4.74 Å². The molecule has 0 amide bonds. The molecule has 0 aliphatic rings. The fraction of sp³-hybridized carbons (Fsp3) is 0.500. The van der Waals surface area contributed by atoms with E-state index in [9.17, 15) is 0 Å². The van der Waals surface area contributed by atoms with E-state index in [0.29, 0.717) is 17.9 Å². The van der Waals surface area contributed by atoms with Crippen molar-refractivity contribution in [2.75, 3.05) is 23.7 Å². The monoisotopic (exact) mass is 247 g/mol. The number of nitrogen functional groups attached to an aromatic ring is 1. The second-order valence-corrected chi connectivity index (χ2v) is 4.38. The van der Waals surface area contributed by atoms with E-state index in [2.05, 4.69) is 17.9 Å². The van der Waals surface area contributed by atoms with Gasteiger partial charge in [0, 0.05) is 24.8 Å². The zero-order valence-corrected chi connectivity index (χ0v) is 11.3. The first-order chi connectivity index (χ1) is 8.58. The molecule has 0 radical (unpaired) electrons. The van der Waals surface area contributed by atoms with Gasteiger partial charge < -0.3 is 15.4 Å². The molecule has 0 saturated heterocycles. The molecule has 1 rings (SSSR count). The molecular formula is C14H21N3O. The Morgan fingerprint density at radius 3 is 2.72 bits per heavy atom. The average molecular weight is 247 g/mol. The Morgan fingerprint density at radius 1 is 1.44 bits per heavy atom. The van der Waals surface area contributed by atoms with Crippen LogP contribution in [-0.4, -0.2) is 19.2 Å². The highest BCUT2D eigenvalue weighted by Gasteiger charge is 2.09. The lowest BCUT2D eigenvalue weighted by Crippen LogP contribution is -2.23. The molecule has 0 saturated carbocycles. The summed E-state index contributed by atoms with van der Waals surface area (Å²) in [6, 6.07) is 7.91. The topological polar surface area (TPSA) is 62.3 Å². The lowest BCUT2D eigenvalue weighted by atomic mass is 10.2. The number of hydrogen-bond donors (Lipinski definition) is 1. The number of benzene rings is 1. The molecule has 0 aliphatic heterocycles. The van der Waals surface area contributed by atoms with Gasteiger partial charge in [-0.2, -0.15) is 5.26 Å². The van der Waals surface area contributed by atoms with Gasteiger partial charge >= 0.3 is 0 Å². The number of nitriles is 1. The fourth-order valence-electron chi connectivity index (χ4n) is 1.73. The fourth-order valence-corrected chi connectivity index (χ4v) is 1.73. The van der Waals surface area contributed by atoms with Crippen molar-refractivity contribution >= 4 is 11.4 Å². The van der Waals surface area contributed by atoms with E-state index in [1.807, 2.05) is 32.0 Å². The Bertz CT molecular complexity index is 424. The van der Waals surface area contributed by atoms with E-state index in [1.54, 1.807) is 0 Å². The molecule has 0 spiro atoms. The molecule has 0 aliphatic carbocycles. The van der Waals surface area contributed by atoms with Crippen molar-refractivity contribution in [2.45, 2.75) is 33.3 Å². The van der Waals surface area contributed by atoms with Crippen LogP contribution >= 0.6 is 0 Å². The Labute approximate surface area is 109 Å². The maximum absolute atomic E-state index is 8.65. The Kier molecular flexibility index (Phi) is 5.31. The molecule has 4 nitrogen and oxygen atoms in total. The minimum absolute atomic E-state index is 0.0942. The molecule has 1 aromatic carbocycles. The van der Waals surface area contributed by atoms with Crippen LogP contribution in [0.25, 0.3) is 0 Å². The summed E-state index contributed by atoms with van der Waals surface area (Å²) in [5, 5.41) is 8.65. The van der Waals surface area contributed by atoms with E-state index in [4.69, 9.17) is 15.7 Å². The van der Waals surface area contributed by atoms with Gasteiger partial charge in [-0.05, 0) is 32.9 Å². The van der Waals surface area contributed by atoms with Crippen LogP contribution in [0, 0.1) is 11.3 Å². The van der Waals surface area contributed by atoms with Gasteiger partial charge in [0.25, 0.3) is 0 Å². The van der Waals surface area contributed by atoms with Crippen LogP contribution in [0.3, 0.4) is 0 Å². The third kappa shape index (κ3) is 3.85. The normalized spacial score (nSPS) is 10.2. The average Bonchev–Trinajstić information content (AvgIpc) is 2.33. The van der Waals surface area contributed by atoms with Gasteiger partial charge in [0.15, 0.2) is 0 Å². The molecule has 0 aromatic heterocycles. The number of anilines is 2. The van der Waals surface area contributed by atoms with E-state index in [0.717, 1.165) is 18.8 Å². The lowest BCUT2D eigenvalue weighted by Gasteiger charge is -2.23. The second kappa shape index (κ2) is 6.75. The summed E-state index contributed by atoms with van der Waals surface area (Å²) in [5.74, 6) is 0.706. The second-order valence-electron chi connectivity index (χ2n) is 4.38. The molecular weight excluding hydrogens is 226 g/mol. The van der Waals surface area contributed by atoms with Crippen molar-refractivity contribution in [3.63, 3.8) is 0 Å². The predicted octanol–water partition coefficient (Wildman–Crippen LogP) is 2.80. The van der Waals surface area contributed by atoms with Crippen molar-refractivity contribution in [2.24, 2.45) is 0 Å². The summed E-state index contributed by atoms with van der Waals surface area (Å²) < 4.78 is 5.67. The van der Waals surface area contributed by atoms with Crippen LogP contribution < -0.4 is 15.4 Å². The van der Waals surface area contributed by atoms with Gasteiger partial charge in [-0.3, -0.25) is 0 Å². The molecule has 18 heavy (non-hydrogen) atoms. The van der Waals surface area contributed by atoms with E-state index in [1.165, 1.54) is 0 Å². The number of ether oxygens (including phenoxy) is 1. The summed E-state index contributed by atoms with van der Waals surface area (Å²) in [7, 11) is 0. The minimum Gasteiger partial charge on any atom is -0.489 e. The summed E-state index contributed by atoms with van der Waals surface area (Å²) in [6.07, 6.45) is 0.607. The minimum atomic E-state index is 0.0942. The third-order valence-electron chi connectivity index (χ3n) is 2.60. The largest absolute Gasteiger partial charge is 0.489 e. The van der Waals surface area contributed by atoms with Crippen molar-refractivity contribution in [1.82, 2.24) is 0 Å². The van der Waals surface area contributed by atoms with E-state index < -0.39 is 0 Å². The van der Waals surface area contributed by atoms with Crippen molar-refractivity contribution in [3.8, 4) is 11.8 Å². The van der Waals surface area contributed by atoms with E-state index in [-0.39, 0.29) is 6.10 Å². The molecule has 0 atom stereocenters. The summed E-state index contributed by atoms with van der Waals surface area (Å²) in [5.41, 5.74) is 7.57. The highest BCUT2D eigenvalue weighted by molar-refractivity contribution is 5.62. The smallest absolute Gasteiger partial charge is 0.144 e. The Hall–Kier alpha value is -1.89. The molecule has 98 valence electrons. The molecule has 0 fully saturated rings. The van der Waals surface area contributed by atoms with Gasteiger partial charge in [0.2, 0.25) is 0 Å². The van der Waals surface area contributed by atoms with Gasteiger partial charge in [-0.25, -0.2) is 0 Å². The zero-order valence-electron chi connectivity index (χ0n) is 11.3. The van der Waals surface area contributed by atoms with E-state index >= 15 is 0 Å². The van der Waals surface area contributed by atoms with Gasteiger partial charge in [0.05, 0.1) is 24.3 Å². The van der Waals surface area contributed by atoms with Gasteiger partial charge in [0.1, 0.15) is 5.75 Å². The number of nitrogens with zero attached hydrogens (tertiary/aromatic N) is 2. The van der Waals surface area contributed by atoms with Gasteiger partial charge in [-0.15, -0.1) is 0 Å². The summed E-state index contributed by atoms with van der Waals surface area (Å²) in [6.45, 7) is 7.58. The molecule has 2 N–H and O–H groups in total. The van der Waals surface area contributed by atoms with Crippen LogP contribution in [-0.2, 0) is 0 Å². The van der Waals surface area contributed by atoms with Crippen LogP contribution in [0.1, 0.15) is 27.2 Å². The van der Waals surface area contributed by atoms with Crippen molar-refractivity contribution in [1.29, 1.82) is 5.26 Å². The first kappa shape index (κ1) is 14.2. The molecule has 0 unspecified atom stereocenters. The van der Waals surface area contributed by atoms with Crippen LogP contribution in [0.15, 0.2) is 18.2 Å². The van der Waals surface area contributed by atoms with Crippen molar-refractivity contribution in [3.05, 3.63) is 18.2 Å². The SMILES string of the molecule is CCN(CCC#N)c1ccc(N)c(OC(C)C)c1. The first-order valence-corrected chi connectivity index (χ1v) is 6.26. The standard InChI is InChI=1S/C14H21N3O/c1-4-17(9-5-8-15)12-6-7-13(16)14(10-12)18-11(2)3/h6-7,10-11H,4-5,9,16H2,1-3H3. The summed E-state index contributed by atoms with van der Waals surface area (Å²) >= 11 is 0. The zero-order chi connectivity index (χ0) is 13.5. The number of hydrogen-bond acceptors (Lipinski definition) is 4. The van der Waals surface area contributed by atoms with Crippen LogP contribution in [0.4, 0.5) is 11.4 Å². The number of nitrogens with two attached hydrogens (primary N) is 1. The third-order valence-corrected chi connectivity index (χ3v) is 2.60. The predicted molar refractivity (Wildman–Crippen MR) is 74.7 cm³/mol. The Morgan fingerprint density at radius 2 is 2.17 bits per heavy atom. The van der Waals surface area contributed by atoms with Crippen LogP contribution in [0.2, 0.25) is 0 Å².